The Morgan fingerprint density at radius 3 is 2.67 bits per heavy atom. The predicted octanol–water partition coefficient (Wildman–Crippen LogP) is 2.01. The second-order valence-corrected chi connectivity index (χ2v) is 6.63. The number of carbonyl (C=O) groups is 2. The lowest BCUT2D eigenvalue weighted by Crippen LogP contribution is -2.33. The van der Waals surface area contributed by atoms with Crippen LogP contribution in [0.4, 0.5) is 0 Å². The van der Waals surface area contributed by atoms with Crippen LogP contribution in [-0.2, 0) is 14.3 Å². The van der Waals surface area contributed by atoms with Gasteiger partial charge in [0, 0.05) is 24.5 Å². The highest BCUT2D eigenvalue weighted by atomic mass is 32.1. The molecular formula is C17H21N3O3S. The number of hydrogen-bond acceptors (Lipinski definition) is 4. The molecule has 1 aliphatic carbocycles. The number of hydrogen-bond donors (Lipinski definition) is 0. The van der Waals surface area contributed by atoms with Crippen molar-refractivity contribution in [2.75, 3.05) is 20.7 Å². The quantitative estimate of drug-likeness (QED) is 0.474. The van der Waals surface area contributed by atoms with Gasteiger partial charge in [0.2, 0.25) is 0 Å². The second-order valence-electron chi connectivity index (χ2n) is 6.27. The number of ether oxygens (including phenoxy) is 1. The fourth-order valence-electron chi connectivity index (χ4n) is 3.13. The van der Waals surface area contributed by atoms with Crippen LogP contribution in [-0.4, -0.2) is 52.1 Å². The standard InChI is InChI=1S/C17H21N3O3S/c1-10-7-12(11(2)20(10)13-5-6-13)8-14-16(22)18(3)17(24)19(14)9-15(21)23-4/h7-8,13H,5-6,9H2,1-4H3/b14-8-. The van der Waals surface area contributed by atoms with Gasteiger partial charge in [-0.1, -0.05) is 0 Å². The van der Waals surface area contributed by atoms with E-state index in [1.54, 1.807) is 7.05 Å². The Morgan fingerprint density at radius 2 is 2.08 bits per heavy atom. The molecule has 1 saturated carbocycles. The van der Waals surface area contributed by atoms with Crippen molar-refractivity contribution in [3.05, 3.63) is 28.7 Å². The van der Waals surface area contributed by atoms with Crippen LogP contribution in [0.2, 0.25) is 0 Å². The van der Waals surface area contributed by atoms with Gasteiger partial charge >= 0.3 is 5.97 Å². The molecule has 0 radical (unpaired) electrons. The minimum absolute atomic E-state index is 0.0708. The first kappa shape index (κ1) is 16.7. The lowest BCUT2D eigenvalue weighted by Gasteiger charge is -2.16. The van der Waals surface area contributed by atoms with Crippen molar-refractivity contribution in [1.82, 2.24) is 14.4 Å². The number of carbonyl (C=O) groups excluding carboxylic acids is 2. The summed E-state index contributed by atoms with van der Waals surface area (Å²) in [7, 11) is 2.93. The molecule has 0 spiro atoms. The maximum Gasteiger partial charge on any atom is 0.325 e. The number of nitrogens with zero attached hydrogens (tertiary/aromatic N) is 3. The molecule has 0 bridgehead atoms. The Bertz CT molecular complexity index is 761. The molecule has 24 heavy (non-hydrogen) atoms. The molecule has 2 fully saturated rings. The third-order valence-corrected chi connectivity index (χ3v) is 5.07. The zero-order chi connectivity index (χ0) is 17.6. The van der Waals surface area contributed by atoms with E-state index in [-0.39, 0.29) is 12.5 Å². The SMILES string of the molecule is COC(=O)CN1C(=S)N(C)C(=O)/C1=C/c1cc(C)n(C2CC2)c1C. The minimum atomic E-state index is -0.435. The molecule has 0 unspecified atom stereocenters. The average Bonchev–Trinajstić information content (AvgIpc) is 3.31. The zero-order valence-electron chi connectivity index (χ0n) is 14.3. The first-order valence-electron chi connectivity index (χ1n) is 7.91. The molecule has 1 saturated heterocycles. The van der Waals surface area contributed by atoms with Gasteiger partial charge in [-0.25, -0.2) is 0 Å². The van der Waals surface area contributed by atoms with E-state index in [9.17, 15) is 9.59 Å². The van der Waals surface area contributed by atoms with E-state index in [2.05, 4.69) is 24.5 Å². The lowest BCUT2D eigenvalue weighted by atomic mass is 10.2. The van der Waals surface area contributed by atoms with Gasteiger partial charge in [-0.15, -0.1) is 0 Å². The summed E-state index contributed by atoms with van der Waals surface area (Å²) < 4.78 is 7.03. The molecule has 1 aromatic rings. The Kier molecular flexibility index (Phi) is 4.21. The smallest absolute Gasteiger partial charge is 0.325 e. The summed E-state index contributed by atoms with van der Waals surface area (Å²) in [6.45, 7) is 4.06. The predicted molar refractivity (Wildman–Crippen MR) is 94.2 cm³/mol. The summed E-state index contributed by atoms with van der Waals surface area (Å²) in [6.07, 6.45) is 4.22. The summed E-state index contributed by atoms with van der Waals surface area (Å²) in [5, 5.41) is 0.313. The van der Waals surface area contributed by atoms with Crippen LogP contribution in [0.15, 0.2) is 11.8 Å². The van der Waals surface area contributed by atoms with Crippen molar-refractivity contribution in [3.8, 4) is 0 Å². The van der Waals surface area contributed by atoms with Crippen molar-refractivity contribution in [2.24, 2.45) is 0 Å². The number of methoxy groups -OCH3 is 1. The molecule has 1 aliphatic heterocycles. The molecule has 1 aromatic heterocycles. The van der Waals surface area contributed by atoms with Crippen LogP contribution in [0.1, 0.15) is 35.8 Å². The molecule has 2 aliphatic rings. The van der Waals surface area contributed by atoms with Crippen LogP contribution >= 0.6 is 12.2 Å². The normalized spacial score (nSPS) is 19.6. The van der Waals surface area contributed by atoms with Gasteiger partial charge in [-0.05, 0) is 56.6 Å². The Labute approximate surface area is 146 Å². The van der Waals surface area contributed by atoms with Crippen LogP contribution in [0.3, 0.4) is 0 Å². The molecule has 0 aromatic carbocycles. The minimum Gasteiger partial charge on any atom is -0.468 e. The van der Waals surface area contributed by atoms with Crippen molar-refractivity contribution in [1.29, 1.82) is 0 Å². The first-order valence-corrected chi connectivity index (χ1v) is 8.32. The van der Waals surface area contributed by atoms with Gasteiger partial charge in [-0.2, -0.15) is 0 Å². The highest BCUT2D eigenvalue weighted by Gasteiger charge is 2.37. The molecule has 0 atom stereocenters. The number of rotatable bonds is 4. The average molecular weight is 347 g/mol. The molecule has 1 amide bonds. The molecule has 3 rings (SSSR count). The number of aromatic nitrogens is 1. The largest absolute Gasteiger partial charge is 0.468 e. The number of amides is 1. The van der Waals surface area contributed by atoms with Gasteiger partial charge in [0.1, 0.15) is 12.2 Å². The highest BCUT2D eigenvalue weighted by Crippen LogP contribution is 2.39. The van der Waals surface area contributed by atoms with Gasteiger partial charge in [0.05, 0.1) is 7.11 Å². The summed E-state index contributed by atoms with van der Waals surface area (Å²) >= 11 is 5.29. The lowest BCUT2D eigenvalue weighted by molar-refractivity contribution is -0.140. The van der Waals surface area contributed by atoms with Crippen molar-refractivity contribution in [2.45, 2.75) is 32.7 Å². The number of esters is 1. The maximum absolute atomic E-state index is 12.5. The molecule has 0 N–H and O–H groups in total. The zero-order valence-corrected chi connectivity index (χ0v) is 15.1. The van der Waals surface area contributed by atoms with Crippen molar-refractivity contribution < 1.29 is 14.3 Å². The summed E-state index contributed by atoms with van der Waals surface area (Å²) in [6, 6.07) is 2.65. The molecule has 2 heterocycles. The van der Waals surface area contributed by atoms with Gasteiger partial charge in [0.25, 0.3) is 5.91 Å². The van der Waals surface area contributed by atoms with E-state index in [1.165, 1.54) is 35.4 Å². The number of likely N-dealkylation sites (N-methyl/N-ethyl adjacent to an activating group) is 1. The van der Waals surface area contributed by atoms with Crippen molar-refractivity contribution >= 4 is 35.3 Å². The van der Waals surface area contributed by atoms with E-state index < -0.39 is 5.97 Å². The third kappa shape index (κ3) is 2.73. The van der Waals surface area contributed by atoms with E-state index in [1.807, 2.05) is 6.08 Å². The molecule has 7 heteroatoms. The number of aryl methyl sites for hydroxylation is 1. The van der Waals surface area contributed by atoms with Crippen LogP contribution in [0.5, 0.6) is 0 Å². The number of thiocarbonyl (C=S) groups is 1. The van der Waals surface area contributed by atoms with Crippen LogP contribution in [0.25, 0.3) is 6.08 Å². The molecular weight excluding hydrogens is 326 g/mol. The van der Waals surface area contributed by atoms with Gasteiger partial charge < -0.3 is 14.2 Å². The van der Waals surface area contributed by atoms with Crippen molar-refractivity contribution in [3.63, 3.8) is 0 Å². The topological polar surface area (TPSA) is 54.8 Å². The monoisotopic (exact) mass is 347 g/mol. The summed E-state index contributed by atoms with van der Waals surface area (Å²) in [5.74, 6) is -0.644. The van der Waals surface area contributed by atoms with E-state index >= 15 is 0 Å². The molecule has 128 valence electrons. The highest BCUT2D eigenvalue weighted by molar-refractivity contribution is 7.80. The van der Waals surface area contributed by atoms with Gasteiger partial charge in [-0.3, -0.25) is 14.5 Å². The maximum atomic E-state index is 12.5. The fraction of sp³-hybridized carbons (Fsp3) is 0.471. The van der Waals surface area contributed by atoms with Gasteiger partial charge in [0.15, 0.2) is 5.11 Å². The Balaban J connectivity index is 2.00. The third-order valence-electron chi connectivity index (χ3n) is 4.58. The van der Waals surface area contributed by atoms with E-state index in [0.29, 0.717) is 16.9 Å². The Hall–Kier alpha value is -2.15. The Morgan fingerprint density at radius 1 is 1.42 bits per heavy atom. The molecule has 6 nitrogen and oxygen atoms in total. The van der Waals surface area contributed by atoms with Crippen LogP contribution < -0.4 is 0 Å². The van der Waals surface area contributed by atoms with E-state index in [4.69, 9.17) is 17.0 Å². The van der Waals surface area contributed by atoms with Crippen LogP contribution in [0, 0.1) is 13.8 Å². The van der Waals surface area contributed by atoms with E-state index in [0.717, 1.165) is 11.3 Å². The fourth-order valence-corrected chi connectivity index (χ4v) is 3.38. The summed E-state index contributed by atoms with van der Waals surface area (Å²) in [4.78, 5) is 27.1. The second kappa shape index (κ2) is 6.05. The summed E-state index contributed by atoms with van der Waals surface area (Å²) in [5.41, 5.74) is 3.70. The first-order chi connectivity index (χ1) is 11.3.